The molecule has 15 heteroatoms. The number of amides is 1. The lowest BCUT2D eigenvalue weighted by atomic mass is 9.86. The van der Waals surface area contributed by atoms with E-state index >= 15 is 0 Å². The molecule has 10 nitrogen and oxygen atoms in total. The number of carbonyl (C=O) groups excluding carboxylic acids is 1. The smallest absolute Gasteiger partial charge is 0.410 e. The number of fused-ring (bicyclic) bond motifs is 4. The average Bonchev–Trinajstić information content (AvgIpc) is 4.18. The summed E-state index contributed by atoms with van der Waals surface area (Å²) in [6.07, 6.45) is 10.1. The fraction of sp³-hybridized carbons (Fsp3) is 0.300. The summed E-state index contributed by atoms with van der Waals surface area (Å²) in [6.45, 7) is 6.62. The second-order valence-electron chi connectivity index (χ2n) is 16.4. The lowest BCUT2D eigenvalue weighted by Gasteiger charge is -2.40. The van der Waals surface area contributed by atoms with Crippen LogP contribution in [0, 0.1) is 0 Å². The van der Waals surface area contributed by atoms with Crippen LogP contribution in [-0.4, -0.2) is 56.1 Å². The summed E-state index contributed by atoms with van der Waals surface area (Å²) in [5.74, 6) is 0.864. The van der Waals surface area contributed by atoms with Crippen LogP contribution in [0.25, 0.3) is 40.9 Å². The highest BCUT2D eigenvalue weighted by atomic mass is 79.9. The Balaban J connectivity index is 0.000000169. The lowest BCUT2D eigenvalue weighted by molar-refractivity contribution is 0.0606. The summed E-state index contributed by atoms with van der Waals surface area (Å²) in [7, 11) is 0. The number of anilines is 4. The topological polar surface area (TPSA) is 117 Å². The number of likely N-dealkylation sites (tertiary alicyclic amines) is 1. The Bertz CT molecular complexity index is 3020. The molecule has 8 heterocycles. The second-order valence-corrected chi connectivity index (χ2v) is 20.3. The molecular formula is C50H51BrN8O2S4. The van der Waals surface area contributed by atoms with Crippen LogP contribution in [0.1, 0.15) is 79.5 Å². The molecule has 0 spiro atoms. The molecule has 0 saturated carbocycles. The number of hydrogen-bond donors (Lipinski definition) is 3. The van der Waals surface area contributed by atoms with Gasteiger partial charge in [0.15, 0.2) is 0 Å². The number of rotatable bonds is 10. The first kappa shape index (κ1) is 45.1. The highest BCUT2D eigenvalue weighted by molar-refractivity contribution is 8.93. The van der Waals surface area contributed by atoms with Crippen LogP contribution < -0.4 is 16.0 Å². The van der Waals surface area contributed by atoms with Gasteiger partial charge in [-0.05, 0) is 111 Å². The zero-order valence-electron chi connectivity index (χ0n) is 36.2. The molecule has 9 aromatic rings. The molecule has 2 aliphatic heterocycles. The van der Waals surface area contributed by atoms with Gasteiger partial charge in [-0.3, -0.25) is 0 Å². The molecule has 2 fully saturated rings. The van der Waals surface area contributed by atoms with E-state index in [9.17, 15) is 4.79 Å². The van der Waals surface area contributed by atoms with Gasteiger partial charge in [0.05, 0.1) is 42.8 Å². The molecule has 0 bridgehead atoms. The number of carbonyl (C=O) groups is 1. The third-order valence-electron chi connectivity index (χ3n) is 12.5. The van der Waals surface area contributed by atoms with E-state index in [2.05, 4.69) is 104 Å². The number of piperidine rings is 2. The number of pyridine rings is 2. The molecule has 11 rings (SSSR count). The molecular weight excluding hydrogens is 953 g/mol. The summed E-state index contributed by atoms with van der Waals surface area (Å²) in [5, 5.41) is 13.2. The van der Waals surface area contributed by atoms with Crippen LogP contribution in [0.4, 0.5) is 27.5 Å². The van der Waals surface area contributed by atoms with Crippen molar-refractivity contribution in [1.29, 1.82) is 0 Å². The third kappa shape index (κ3) is 9.91. The summed E-state index contributed by atoms with van der Waals surface area (Å²) in [6, 6.07) is 31.9. The molecule has 4 unspecified atom stereocenters. The Morgan fingerprint density at radius 2 is 1.32 bits per heavy atom. The van der Waals surface area contributed by atoms with Gasteiger partial charge in [0.25, 0.3) is 0 Å². The van der Waals surface area contributed by atoms with Gasteiger partial charge in [0.1, 0.15) is 16.3 Å². The molecule has 334 valence electrons. The Morgan fingerprint density at radius 1 is 0.723 bits per heavy atom. The van der Waals surface area contributed by atoms with E-state index in [0.29, 0.717) is 18.6 Å². The Labute approximate surface area is 405 Å². The normalized spacial score (nSPS) is 18.6. The minimum absolute atomic E-state index is 0. The second kappa shape index (κ2) is 20.6. The number of aromatic nitrogens is 4. The zero-order chi connectivity index (χ0) is 43.4. The molecule has 0 aliphatic carbocycles. The van der Waals surface area contributed by atoms with E-state index in [-0.39, 0.29) is 35.0 Å². The fourth-order valence-electron chi connectivity index (χ4n) is 9.33. The predicted molar refractivity (Wildman–Crippen MR) is 279 cm³/mol. The number of benzene rings is 3. The monoisotopic (exact) mass is 1000 g/mol. The Morgan fingerprint density at radius 3 is 1.92 bits per heavy atom. The third-order valence-corrected chi connectivity index (χ3v) is 16.5. The predicted octanol–water partition coefficient (Wildman–Crippen LogP) is 14.4. The Hall–Kier alpha value is -5.03. The number of thiazole rings is 2. The summed E-state index contributed by atoms with van der Waals surface area (Å²) in [5.41, 5.74) is 11.0. The van der Waals surface area contributed by atoms with Crippen molar-refractivity contribution in [1.82, 2.24) is 30.2 Å². The number of halogens is 1. The number of hydrogen-bond acceptors (Lipinski definition) is 13. The molecule has 6 aromatic heterocycles. The standard InChI is InChI=1S/C29H28N4O2S2.C21H22N4S2.BrH/c1-2-25-21(9-6-14-33(25)29(34)35-17-19-7-4-3-5-8-19)27-16-22-23(12-13-30-28(22)37-27)32-20-10-11-26-24(15-20)31-18-36-26;1-2-16-14(4-3-8-22-16)20-11-15-17(7-9-23-21(15)27-20)25-13-5-6-19-18(10-13)24-12-26-19;/h3-5,7-8,10-13,15-16,18,21,25H,2,6,9,14,17H2,1H3,(H,30,32);5-7,9-12,14,16,22H,2-4,8H2,1H3,(H,23,25);1H. The first-order valence-electron chi connectivity index (χ1n) is 22.2. The minimum Gasteiger partial charge on any atom is -0.445 e. The van der Waals surface area contributed by atoms with Gasteiger partial charge in [0, 0.05) is 74.8 Å². The molecule has 0 radical (unpaired) electrons. The van der Waals surface area contributed by atoms with Crippen LogP contribution in [0.3, 0.4) is 0 Å². The van der Waals surface area contributed by atoms with Crippen molar-refractivity contribution in [2.45, 2.75) is 82.9 Å². The molecule has 3 aromatic carbocycles. The van der Waals surface area contributed by atoms with Crippen molar-refractivity contribution in [3.8, 4) is 0 Å². The van der Waals surface area contributed by atoms with Gasteiger partial charge in [-0.25, -0.2) is 24.7 Å². The first-order valence-corrected chi connectivity index (χ1v) is 25.6. The van der Waals surface area contributed by atoms with Crippen LogP contribution in [0.15, 0.2) is 114 Å². The molecule has 3 N–H and O–H groups in total. The van der Waals surface area contributed by atoms with Crippen LogP contribution >= 0.6 is 62.3 Å². The SMILES string of the molecule is Br.CCC1C(c2cc3c(Nc4ccc5scnc5c4)ccnc3s2)CCCN1C(=O)OCc1ccccc1.CCC1NCCCC1c1cc2c(Nc3ccc4scnc4c3)ccnc2s1. The van der Waals surface area contributed by atoms with E-state index in [1.54, 1.807) is 34.0 Å². The number of nitrogens with zero attached hydrogens (tertiary/aromatic N) is 5. The van der Waals surface area contributed by atoms with Crippen LogP contribution in [0.5, 0.6) is 0 Å². The van der Waals surface area contributed by atoms with Crippen LogP contribution in [-0.2, 0) is 11.3 Å². The first-order chi connectivity index (χ1) is 31.5. The summed E-state index contributed by atoms with van der Waals surface area (Å²) in [4.78, 5) is 38.1. The molecule has 2 saturated heterocycles. The highest BCUT2D eigenvalue weighted by Gasteiger charge is 2.36. The maximum atomic E-state index is 13.1. The van der Waals surface area contributed by atoms with E-state index in [4.69, 9.17) is 4.74 Å². The van der Waals surface area contributed by atoms with E-state index in [0.717, 1.165) is 86.7 Å². The number of thiophene rings is 2. The van der Waals surface area contributed by atoms with Gasteiger partial charge in [-0.2, -0.15) is 0 Å². The van der Waals surface area contributed by atoms with Gasteiger partial charge in [0.2, 0.25) is 0 Å². The van der Waals surface area contributed by atoms with Gasteiger partial charge >= 0.3 is 6.09 Å². The fourth-order valence-corrected chi connectivity index (χ4v) is 13.1. The van der Waals surface area contributed by atoms with Gasteiger partial charge in [-0.15, -0.1) is 62.3 Å². The van der Waals surface area contributed by atoms with E-state index in [1.807, 2.05) is 76.0 Å². The number of nitrogens with one attached hydrogen (secondary N) is 3. The van der Waals surface area contributed by atoms with Gasteiger partial charge in [-0.1, -0.05) is 44.2 Å². The van der Waals surface area contributed by atoms with Crippen LogP contribution in [0.2, 0.25) is 0 Å². The highest BCUT2D eigenvalue weighted by Crippen LogP contribution is 2.43. The molecule has 2 aliphatic rings. The van der Waals surface area contributed by atoms with Crippen molar-refractivity contribution in [3.63, 3.8) is 0 Å². The van der Waals surface area contributed by atoms with E-state index < -0.39 is 0 Å². The van der Waals surface area contributed by atoms with Crippen molar-refractivity contribution < 1.29 is 9.53 Å². The maximum absolute atomic E-state index is 13.1. The quantitative estimate of drug-likeness (QED) is 0.123. The summed E-state index contributed by atoms with van der Waals surface area (Å²) >= 11 is 6.90. The Kier molecular flexibility index (Phi) is 14.3. The van der Waals surface area contributed by atoms with Crippen molar-refractivity contribution in [2.24, 2.45) is 0 Å². The molecule has 65 heavy (non-hydrogen) atoms. The largest absolute Gasteiger partial charge is 0.445 e. The van der Waals surface area contributed by atoms with Crippen molar-refractivity contribution in [3.05, 3.63) is 130 Å². The van der Waals surface area contributed by atoms with Crippen molar-refractivity contribution >= 4 is 132 Å². The summed E-state index contributed by atoms with van der Waals surface area (Å²) < 4.78 is 8.11. The zero-order valence-corrected chi connectivity index (χ0v) is 41.2. The number of ether oxygens (including phenoxy) is 1. The van der Waals surface area contributed by atoms with E-state index in [1.165, 1.54) is 43.8 Å². The van der Waals surface area contributed by atoms with Crippen molar-refractivity contribution in [2.75, 3.05) is 23.7 Å². The lowest BCUT2D eigenvalue weighted by Crippen LogP contribution is -2.47. The molecule has 1 amide bonds. The van der Waals surface area contributed by atoms with Gasteiger partial charge < -0.3 is 25.6 Å². The maximum Gasteiger partial charge on any atom is 0.410 e. The minimum atomic E-state index is -0.223. The average molecular weight is 1000 g/mol. The molecule has 4 atom stereocenters.